The van der Waals surface area contributed by atoms with Gasteiger partial charge in [0.15, 0.2) is 9.84 Å². The number of carbonyl (C=O) groups is 1. The summed E-state index contributed by atoms with van der Waals surface area (Å²) in [6.07, 6.45) is 0.638. The number of hydrogen-bond donors (Lipinski definition) is 1. The van der Waals surface area contributed by atoms with Crippen LogP contribution >= 0.6 is 11.3 Å². The average molecular weight is 276 g/mol. The van der Waals surface area contributed by atoms with Gasteiger partial charge in [-0.2, -0.15) is 0 Å². The molecule has 0 aliphatic heterocycles. The molecule has 0 spiro atoms. The largest absolute Gasteiger partial charge is 0.477 e. The van der Waals surface area contributed by atoms with Gasteiger partial charge in [0.2, 0.25) is 0 Å². The highest BCUT2D eigenvalue weighted by Gasteiger charge is 2.15. The van der Waals surface area contributed by atoms with Gasteiger partial charge in [0.05, 0.1) is 11.5 Å². The molecule has 1 aromatic rings. The van der Waals surface area contributed by atoms with E-state index in [9.17, 15) is 13.2 Å². The van der Waals surface area contributed by atoms with Crippen LogP contribution in [0.25, 0.3) is 0 Å². The molecular weight excluding hydrogens is 260 g/mol. The molecule has 0 radical (unpaired) electrons. The second-order valence-electron chi connectivity index (χ2n) is 4.35. The van der Waals surface area contributed by atoms with Crippen molar-refractivity contribution in [3.63, 3.8) is 0 Å². The minimum absolute atomic E-state index is 0.0579. The summed E-state index contributed by atoms with van der Waals surface area (Å²) in [5, 5.41) is 8.73. The Labute approximate surface area is 105 Å². The summed E-state index contributed by atoms with van der Waals surface area (Å²) in [6.45, 7) is 3.95. The molecule has 0 amide bonds. The van der Waals surface area contributed by atoms with E-state index in [-0.39, 0.29) is 16.4 Å². The van der Waals surface area contributed by atoms with Gasteiger partial charge in [0.25, 0.3) is 0 Å². The van der Waals surface area contributed by atoms with E-state index in [4.69, 9.17) is 5.11 Å². The summed E-state index contributed by atoms with van der Waals surface area (Å²) < 4.78 is 23.5. The molecule has 17 heavy (non-hydrogen) atoms. The number of aromatic carboxylic acids is 1. The van der Waals surface area contributed by atoms with Gasteiger partial charge < -0.3 is 5.11 Å². The molecule has 0 saturated carbocycles. The highest BCUT2D eigenvalue weighted by Crippen LogP contribution is 2.20. The van der Waals surface area contributed by atoms with E-state index in [0.717, 1.165) is 11.3 Å². The highest BCUT2D eigenvalue weighted by molar-refractivity contribution is 7.90. The van der Waals surface area contributed by atoms with E-state index in [1.807, 2.05) is 13.8 Å². The number of sulfone groups is 1. The first kappa shape index (κ1) is 14.2. The van der Waals surface area contributed by atoms with Crippen LogP contribution in [0.2, 0.25) is 0 Å². The molecule has 0 atom stereocenters. The van der Waals surface area contributed by atoms with E-state index >= 15 is 0 Å². The number of thiophene rings is 1. The van der Waals surface area contributed by atoms with Gasteiger partial charge in [0.1, 0.15) is 4.88 Å². The molecule has 1 heterocycles. The Hall–Kier alpha value is -0.880. The van der Waals surface area contributed by atoms with Crippen LogP contribution in [0, 0.1) is 5.92 Å². The monoisotopic (exact) mass is 276 g/mol. The lowest BCUT2D eigenvalue weighted by molar-refractivity contribution is 0.0702. The molecule has 4 nitrogen and oxygen atoms in total. The molecule has 0 bridgehead atoms. The van der Waals surface area contributed by atoms with E-state index < -0.39 is 15.8 Å². The van der Waals surface area contributed by atoms with Crippen molar-refractivity contribution in [1.82, 2.24) is 0 Å². The van der Waals surface area contributed by atoms with Crippen molar-refractivity contribution in [3.8, 4) is 0 Å². The smallest absolute Gasteiger partial charge is 0.345 e. The van der Waals surface area contributed by atoms with Crippen molar-refractivity contribution < 1.29 is 18.3 Å². The van der Waals surface area contributed by atoms with Crippen LogP contribution in [0.3, 0.4) is 0 Å². The van der Waals surface area contributed by atoms with Crippen LogP contribution in [0.1, 0.15) is 34.8 Å². The SMILES string of the molecule is CC(C)CCS(=O)(=O)Cc1ccc(C(=O)O)s1. The lowest BCUT2D eigenvalue weighted by Gasteiger charge is -2.05. The van der Waals surface area contributed by atoms with Crippen LogP contribution < -0.4 is 0 Å². The zero-order chi connectivity index (χ0) is 13.1. The Balaban J connectivity index is 2.66. The molecule has 0 aliphatic rings. The molecule has 0 aromatic carbocycles. The standard InChI is InChI=1S/C11H16O4S2/c1-8(2)5-6-17(14,15)7-9-3-4-10(16-9)11(12)13/h3-4,8H,5-7H2,1-2H3,(H,12,13). The maximum atomic E-state index is 11.7. The van der Waals surface area contributed by atoms with Crippen molar-refractivity contribution in [2.75, 3.05) is 5.75 Å². The zero-order valence-corrected chi connectivity index (χ0v) is 11.5. The normalized spacial score (nSPS) is 11.9. The molecule has 6 heteroatoms. The van der Waals surface area contributed by atoms with Gasteiger partial charge in [-0.15, -0.1) is 11.3 Å². The predicted octanol–water partition coefficient (Wildman–Crippen LogP) is 2.41. The first-order valence-electron chi connectivity index (χ1n) is 5.32. The molecule has 1 N–H and O–H groups in total. The number of carboxylic acid groups (broad SMARTS) is 1. The van der Waals surface area contributed by atoms with Gasteiger partial charge in [-0.05, 0) is 24.5 Å². The van der Waals surface area contributed by atoms with Gasteiger partial charge in [-0.3, -0.25) is 0 Å². The van der Waals surface area contributed by atoms with E-state index in [1.165, 1.54) is 6.07 Å². The second kappa shape index (κ2) is 5.64. The molecule has 0 aliphatic carbocycles. The third-order valence-electron chi connectivity index (χ3n) is 2.24. The zero-order valence-electron chi connectivity index (χ0n) is 9.84. The second-order valence-corrected chi connectivity index (χ2v) is 7.70. The average Bonchev–Trinajstić information content (AvgIpc) is 2.63. The fourth-order valence-electron chi connectivity index (χ4n) is 1.27. The van der Waals surface area contributed by atoms with Crippen molar-refractivity contribution >= 4 is 27.1 Å². The van der Waals surface area contributed by atoms with Crippen LogP contribution in [0.4, 0.5) is 0 Å². The topological polar surface area (TPSA) is 71.4 Å². The Kier molecular flexibility index (Phi) is 4.70. The first-order chi connectivity index (χ1) is 7.80. The molecule has 1 rings (SSSR count). The lowest BCUT2D eigenvalue weighted by Crippen LogP contribution is -2.10. The molecule has 96 valence electrons. The van der Waals surface area contributed by atoms with E-state index in [1.54, 1.807) is 6.07 Å². The van der Waals surface area contributed by atoms with Crippen LogP contribution in [-0.2, 0) is 15.6 Å². The minimum Gasteiger partial charge on any atom is -0.477 e. The molecular formula is C11H16O4S2. The van der Waals surface area contributed by atoms with Gasteiger partial charge in [0, 0.05) is 4.88 Å². The van der Waals surface area contributed by atoms with Crippen molar-refractivity contribution in [1.29, 1.82) is 0 Å². The molecule has 1 aromatic heterocycles. The third kappa shape index (κ3) is 4.87. The lowest BCUT2D eigenvalue weighted by atomic mass is 10.2. The van der Waals surface area contributed by atoms with Crippen molar-refractivity contribution in [3.05, 3.63) is 21.9 Å². The summed E-state index contributed by atoms with van der Waals surface area (Å²) in [5.74, 6) is -0.564. The fraction of sp³-hybridized carbons (Fsp3) is 0.545. The molecule has 0 saturated heterocycles. The maximum absolute atomic E-state index is 11.7. The third-order valence-corrected chi connectivity index (χ3v) is 5.11. The van der Waals surface area contributed by atoms with Crippen LogP contribution in [0.5, 0.6) is 0 Å². The summed E-state index contributed by atoms with van der Waals surface area (Å²) >= 11 is 1.02. The Morgan fingerprint density at radius 2 is 2.06 bits per heavy atom. The Bertz CT molecular complexity index is 485. The quantitative estimate of drug-likeness (QED) is 0.866. The molecule has 0 fully saturated rings. The number of hydrogen-bond acceptors (Lipinski definition) is 4. The maximum Gasteiger partial charge on any atom is 0.345 e. The summed E-state index contributed by atoms with van der Waals surface area (Å²) in [6, 6.07) is 3.02. The number of carboxylic acids is 1. The van der Waals surface area contributed by atoms with Crippen molar-refractivity contribution in [2.45, 2.75) is 26.0 Å². The molecule has 0 unspecified atom stereocenters. The van der Waals surface area contributed by atoms with Crippen LogP contribution in [0.15, 0.2) is 12.1 Å². The minimum atomic E-state index is -3.12. The summed E-state index contributed by atoms with van der Waals surface area (Å²) in [7, 11) is -3.12. The van der Waals surface area contributed by atoms with Crippen molar-refractivity contribution in [2.24, 2.45) is 5.92 Å². The summed E-state index contributed by atoms with van der Waals surface area (Å²) in [5.41, 5.74) is 0. The summed E-state index contributed by atoms with van der Waals surface area (Å²) in [4.78, 5) is 11.4. The Morgan fingerprint density at radius 3 is 2.53 bits per heavy atom. The van der Waals surface area contributed by atoms with E-state index in [0.29, 0.717) is 17.2 Å². The van der Waals surface area contributed by atoms with Gasteiger partial charge >= 0.3 is 5.97 Å². The van der Waals surface area contributed by atoms with Crippen LogP contribution in [-0.4, -0.2) is 25.2 Å². The van der Waals surface area contributed by atoms with Gasteiger partial charge in [-0.1, -0.05) is 13.8 Å². The Morgan fingerprint density at radius 1 is 1.41 bits per heavy atom. The predicted molar refractivity (Wildman–Crippen MR) is 68.2 cm³/mol. The highest BCUT2D eigenvalue weighted by atomic mass is 32.2. The first-order valence-corrected chi connectivity index (χ1v) is 7.96. The number of rotatable bonds is 6. The fourth-order valence-corrected chi connectivity index (χ4v) is 4.20. The van der Waals surface area contributed by atoms with Gasteiger partial charge in [-0.25, -0.2) is 13.2 Å². The van der Waals surface area contributed by atoms with E-state index in [2.05, 4.69) is 0 Å².